The van der Waals surface area contributed by atoms with Crippen LogP contribution in [0.3, 0.4) is 0 Å². The van der Waals surface area contributed by atoms with Gasteiger partial charge in [0, 0.05) is 30.6 Å². The first-order chi connectivity index (χ1) is 9.90. The van der Waals surface area contributed by atoms with Crippen molar-refractivity contribution in [2.24, 2.45) is 11.7 Å². The van der Waals surface area contributed by atoms with Crippen LogP contribution in [-0.2, 0) is 4.79 Å². The van der Waals surface area contributed by atoms with E-state index in [0.717, 1.165) is 0 Å². The first-order valence-electron chi connectivity index (χ1n) is 6.73. The average molecular weight is 291 g/mol. The second kappa shape index (κ2) is 5.90. The lowest BCUT2D eigenvalue weighted by Gasteiger charge is -2.32. The lowest BCUT2D eigenvalue weighted by atomic mass is 9.95. The molecule has 0 aliphatic carbocycles. The van der Waals surface area contributed by atoms with Crippen LogP contribution < -0.4 is 10.6 Å². The Morgan fingerprint density at radius 1 is 1.33 bits per heavy atom. The summed E-state index contributed by atoms with van der Waals surface area (Å²) < 4.78 is 0. The molecular formula is C14H17N3O4. The van der Waals surface area contributed by atoms with Gasteiger partial charge in [-0.25, -0.2) is 0 Å². The molecule has 1 heterocycles. The third-order valence-corrected chi connectivity index (χ3v) is 3.82. The summed E-state index contributed by atoms with van der Waals surface area (Å²) in [5.74, 6) is -0.704. The van der Waals surface area contributed by atoms with Gasteiger partial charge in [0.1, 0.15) is 5.69 Å². The van der Waals surface area contributed by atoms with Crippen LogP contribution in [-0.4, -0.2) is 29.7 Å². The Morgan fingerprint density at radius 2 is 1.95 bits per heavy atom. The molecule has 1 aliphatic heterocycles. The summed E-state index contributed by atoms with van der Waals surface area (Å²) in [6, 6.07) is 4.49. The summed E-state index contributed by atoms with van der Waals surface area (Å²) in [6.07, 6.45) is 1.17. The minimum atomic E-state index is -0.484. The van der Waals surface area contributed by atoms with Gasteiger partial charge in [-0.1, -0.05) is 0 Å². The van der Waals surface area contributed by atoms with E-state index in [1.165, 1.54) is 13.0 Å². The molecule has 0 unspecified atom stereocenters. The lowest BCUT2D eigenvalue weighted by molar-refractivity contribution is -0.384. The van der Waals surface area contributed by atoms with Gasteiger partial charge < -0.3 is 10.6 Å². The monoisotopic (exact) mass is 291 g/mol. The summed E-state index contributed by atoms with van der Waals surface area (Å²) in [5, 5.41) is 11.2. The number of Topliss-reactive ketones (excluding diaryl/α,β-unsaturated/α-hetero) is 1. The molecule has 0 bridgehead atoms. The molecule has 1 saturated heterocycles. The molecule has 0 aromatic heterocycles. The fourth-order valence-electron chi connectivity index (χ4n) is 2.56. The maximum atomic E-state index is 11.3. The van der Waals surface area contributed by atoms with Gasteiger partial charge in [0.15, 0.2) is 5.78 Å². The third-order valence-electron chi connectivity index (χ3n) is 3.82. The summed E-state index contributed by atoms with van der Waals surface area (Å²) in [5.41, 5.74) is 5.99. The van der Waals surface area contributed by atoms with Crippen LogP contribution in [0.2, 0.25) is 0 Å². The number of carbonyl (C=O) groups excluding carboxylic acids is 2. The number of nitrogens with zero attached hydrogens (tertiary/aromatic N) is 2. The fourth-order valence-corrected chi connectivity index (χ4v) is 2.56. The Bertz CT molecular complexity index is 592. The molecule has 1 amide bonds. The number of amides is 1. The van der Waals surface area contributed by atoms with Crippen LogP contribution in [0.4, 0.5) is 11.4 Å². The Kier molecular flexibility index (Phi) is 4.21. The van der Waals surface area contributed by atoms with Gasteiger partial charge in [-0.15, -0.1) is 0 Å². The van der Waals surface area contributed by atoms with Crippen molar-refractivity contribution in [1.29, 1.82) is 0 Å². The highest BCUT2D eigenvalue weighted by molar-refractivity contribution is 5.95. The number of nitro benzene ring substituents is 1. The topological polar surface area (TPSA) is 107 Å². The normalized spacial score (nSPS) is 15.8. The first-order valence-corrected chi connectivity index (χ1v) is 6.73. The van der Waals surface area contributed by atoms with Gasteiger partial charge in [-0.3, -0.25) is 19.7 Å². The van der Waals surface area contributed by atoms with Gasteiger partial charge in [-0.2, -0.15) is 0 Å². The van der Waals surface area contributed by atoms with Gasteiger partial charge in [-0.05, 0) is 31.9 Å². The predicted molar refractivity (Wildman–Crippen MR) is 77.2 cm³/mol. The number of piperidine rings is 1. The Balaban J connectivity index is 2.26. The number of nitrogens with two attached hydrogens (primary N) is 1. The van der Waals surface area contributed by atoms with E-state index in [-0.39, 0.29) is 23.3 Å². The fraction of sp³-hybridized carbons (Fsp3) is 0.429. The lowest BCUT2D eigenvalue weighted by Crippen LogP contribution is -2.38. The highest BCUT2D eigenvalue weighted by Gasteiger charge is 2.27. The third kappa shape index (κ3) is 3.18. The van der Waals surface area contributed by atoms with E-state index in [1.54, 1.807) is 12.1 Å². The summed E-state index contributed by atoms with van der Waals surface area (Å²) >= 11 is 0. The van der Waals surface area contributed by atoms with Gasteiger partial charge in [0.2, 0.25) is 5.91 Å². The molecule has 0 saturated carbocycles. The number of rotatable bonds is 4. The highest BCUT2D eigenvalue weighted by Crippen LogP contribution is 2.32. The zero-order valence-electron chi connectivity index (χ0n) is 11.7. The van der Waals surface area contributed by atoms with E-state index in [9.17, 15) is 19.7 Å². The molecule has 21 heavy (non-hydrogen) atoms. The molecule has 0 spiro atoms. The molecule has 7 nitrogen and oxygen atoms in total. The highest BCUT2D eigenvalue weighted by atomic mass is 16.6. The summed E-state index contributed by atoms with van der Waals surface area (Å²) in [7, 11) is 0. The summed E-state index contributed by atoms with van der Waals surface area (Å²) in [6.45, 7) is 2.44. The van der Waals surface area contributed by atoms with E-state index in [2.05, 4.69) is 0 Å². The van der Waals surface area contributed by atoms with E-state index < -0.39 is 4.92 Å². The predicted octanol–water partition coefficient (Wildman–Crippen LogP) is 1.50. The van der Waals surface area contributed by atoms with Crippen molar-refractivity contribution < 1.29 is 14.5 Å². The number of benzene rings is 1. The number of anilines is 1. The average Bonchev–Trinajstić information content (AvgIpc) is 2.46. The first kappa shape index (κ1) is 15.0. The van der Waals surface area contributed by atoms with Crippen molar-refractivity contribution in [2.45, 2.75) is 19.8 Å². The summed E-state index contributed by atoms with van der Waals surface area (Å²) in [4.78, 5) is 35.1. The second-order valence-corrected chi connectivity index (χ2v) is 5.18. The van der Waals surface area contributed by atoms with Crippen molar-refractivity contribution in [3.63, 3.8) is 0 Å². The molecule has 1 fully saturated rings. The second-order valence-electron chi connectivity index (χ2n) is 5.18. The number of ketones is 1. The quantitative estimate of drug-likeness (QED) is 0.514. The van der Waals surface area contributed by atoms with Crippen molar-refractivity contribution in [3.05, 3.63) is 33.9 Å². The van der Waals surface area contributed by atoms with Crippen molar-refractivity contribution in [1.82, 2.24) is 0 Å². The molecule has 7 heteroatoms. The number of hydrogen-bond acceptors (Lipinski definition) is 5. The van der Waals surface area contributed by atoms with Crippen molar-refractivity contribution in [3.8, 4) is 0 Å². The van der Waals surface area contributed by atoms with Crippen LogP contribution in [0.15, 0.2) is 18.2 Å². The number of nitro groups is 1. The van der Waals surface area contributed by atoms with E-state index in [1.807, 2.05) is 4.90 Å². The molecular weight excluding hydrogens is 274 g/mol. The minimum absolute atomic E-state index is 0.0831. The van der Waals surface area contributed by atoms with Crippen molar-refractivity contribution >= 4 is 23.1 Å². The molecule has 112 valence electrons. The Morgan fingerprint density at radius 3 is 2.43 bits per heavy atom. The zero-order valence-corrected chi connectivity index (χ0v) is 11.7. The molecule has 1 aromatic rings. The number of primary amides is 1. The maximum absolute atomic E-state index is 11.3. The molecule has 2 N–H and O–H groups in total. The van der Waals surface area contributed by atoms with Crippen LogP contribution >= 0.6 is 0 Å². The molecule has 1 aliphatic rings. The van der Waals surface area contributed by atoms with Crippen LogP contribution in [0.25, 0.3) is 0 Å². The van der Waals surface area contributed by atoms with Gasteiger partial charge >= 0.3 is 0 Å². The van der Waals surface area contributed by atoms with Gasteiger partial charge in [0.05, 0.1) is 4.92 Å². The standard InChI is InChI=1S/C14H17N3O4/c1-9(18)11-2-3-12(13(8-11)17(20)21)16-6-4-10(5-7-16)14(15)19/h2-3,8,10H,4-7H2,1H3,(H2,15,19). The molecule has 1 aromatic carbocycles. The molecule has 0 radical (unpaired) electrons. The van der Waals surface area contributed by atoms with Crippen LogP contribution in [0, 0.1) is 16.0 Å². The number of hydrogen-bond donors (Lipinski definition) is 1. The van der Waals surface area contributed by atoms with Crippen molar-refractivity contribution in [2.75, 3.05) is 18.0 Å². The molecule has 0 atom stereocenters. The SMILES string of the molecule is CC(=O)c1ccc(N2CCC(C(N)=O)CC2)c([N+](=O)[O-])c1. The van der Waals surface area contributed by atoms with E-state index >= 15 is 0 Å². The Hall–Kier alpha value is -2.44. The zero-order chi connectivity index (χ0) is 15.6. The van der Waals surface area contributed by atoms with Crippen LogP contribution in [0.1, 0.15) is 30.1 Å². The van der Waals surface area contributed by atoms with E-state index in [4.69, 9.17) is 5.73 Å². The largest absolute Gasteiger partial charge is 0.369 e. The smallest absolute Gasteiger partial charge is 0.293 e. The minimum Gasteiger partial charge on any atom is -0.369 e. The van der Waals surface area contributed by atoms with Crippen LogP contribution in [0.5, 0.6) is 0 Å². The molecule has 2 rings (SSSR count). The Labute approximate surface area is 121 Å². The van der Waals surface area contributed by atoms with Gasteiger partial charge in [0.25, 0.3) is 5.69 Å². The number of carbonyl (C=O) groups is 2. The maximum Gasteiger partial charge on any atom is 0.293 e. The van der Waals surface area contributed by atoms with E-state index in [0.29, 0.717) is 37.2 Å².